The smallest absolute Gasteiger partial charge is 0.328 e. The van der Waals surface area contributed by atoms with E-state index in [0.29, 0.717) is 30.3 Å². The molecule has 1 aromatic heterocycles. The molecule has 0 spiro atoms. The van der Waals surface area contributed by atoms with Crippen LogP contribution >= 0.6 is 0 Å². The Kier molecular flexibility index (Phi) is 5.90. The number of pyridine rings is 1. The molecular weight excluding hydrogens is 256 g/mol. The van der Waals surface area contributed by atoms with Gasteiger partial charge in [0.15, 0.2) is 0 Å². The average molecular weight is 276 g/mol. The van der Waals surface area contributed by atoms with E-state index in [-0.39, 0.29) is 5.91 Å². The van der Waals surface area contributed by atoms with Gasteiger partial charge < -0.3 is 10.0 Å². The number of hydrogen-bond acceptors (Lipinski definition) is 3. The number of aromatic nitrogens is 1. The number of nitrogens with zero attached hydrogens (tertiary/aromatic N) is 2. The van der Waals surface area contributed by atoms with Crippen molar-refractivity contribution in [2.45, 2.75) is 20.8 Å². The molecule has 0 saturated carbocycles. The number of rotatable bonds is 6. The monoisotopic (exact) mass is 276 g/mol. The van der Waals surface area contributed by atoms with Gasteiger partial charge in [0, 0.05) is 25.4 Å². The van der Waals surface area contributed by atoms with Crippen LogP contribution in [0.5, 0.6) is 0 Å². The van der Waals surface area contributed by atoms with E-state index in [9.17, 15) is 9.59 Å². The maximum absolute atomic E-state index is 12.2. The van der Waals surface area contributed by atoms with E-state index < -0.39 is 5.97 Å². The molecule has 0 aromatic carbocycles. The SMILES string of the molecule is CCN(CC(C)C)C(=O)c1ccc(C=CC(=O)O)cn1. The Hall–Kier alpha value is -2.17. The van der Waals surface area contributed by atoms with Crippen molar-refractivity contribution >= 4 is 18.0 Å². The van der Waals surface area contributed by atoms with Crippen LogP contribution in [0.2, 0.25) is 0 Å². The minimum absolute atomic E-state index is 0.102. The first-order valence-electron chi connectivity index (χ1n) is 6.60. The standard InChI is InChI=1S/C15H20N2O3/c1-4-17(10-11(2)3)15(20)13-7-5-12(9-16-13)6-8-14(18)19/h5-9,11H,4,10H2,1-3H3,(H,18,19). The summed E-state index contributed by atoms with van der Waals surface area (Å²) in [7, 11) is 0. The molecule has 20 heavy (non-hydrogen) atoms. The van der Waals surface area contributed by atoms with Gasteiger partial charge in [0.1, 0.15) is 5.69 Å². The first-order valence-corrected chi connectivity index (χ1v) is 6.60. The molecule has 1 heterocycles. The molecule has 0 radical (unpaired) electrons. The van der Waals surface area contributed by atoms with Gasteiger partial charge >= 0.3 is 5.97 Å². The minimum atomic E-state index is -1.01. The molecule has 5 heteroatoms. The van der Waals surface area contributed by atoms with Gasteiger partial charge in [-0.2, -0.15) is 0 Å². The first kappa shape index (κ1) is 15.9. The normalized spacial score (nSPS) is 11.0. The number of aliphatic carboxylic acids is 1. The maximum Gasteiger partial charge on any atom is 0.328 e. The summed E-state index contributed by atoms with van der Waals surface area (Å²) in [6.45, 7) is 7.38. The lowest BCUT2D eigenvalue weighted by Crippen LogP contribution is -2.34. The maximum atomic E-state index is 12.2. The molecule has 0 bridgehead atoms. The first-order chi connectivity index (χ1) is 9.43. The molecule has 0 fully saturated rings. The lowest BCUT2D eigenvalue weighted by molar-refractivity contribution is -0.131. The second-order valence-electron chi connectivity index (χ2n) is 4.89. The predicted octanol–water partition coefficient (Wildman–Crippen LogP) is 2.30. The van der Waals surface area contributed by atoms with Crippen molar-refractivity contribution in [1.29, 1.82) is 0 Å². The zero-order valence-electron chi connectivity index (χ0n) is 12.0. The lowest BCUT2D eigenvalue weighted by Gasteiger charge is -2.22. The van der Waals surface area contributed by atoms with Crippen LogP contribution in [0.15, 0.2) is 24.4 Å². The summed E-state index contributed by atoms with van der Waals surface area (Å²) in [5.41, 5.74) is 1.02. The molecule has 0 aliphatic heterocycles. The van der Waals surface area contributed by atoms with Crippen molar-refractivity contribution in [3.05, 3.63) is 35.7 Å². The largest absolute Gasteiger partial charge is 0.478 e. The molecule has 0 aliphatic rings. The zero-order chi connectivity index (χ0) is 15.1. The van der Waals surface area contributed by atoms with Crippen molar-refractivity contribution in [1.82, 2.24) is 9.88 Å². The highest BCUT2D eigenvalue weighted by molar-refractivity contribution is 5.92. The molecule has 1 N–H and O–H groups in total. The van der Waals surface area contributed by atoms with Crippen molar-refractivity contribution < 1.29 is 14.7 Å². The van der Waals surface area contributed by atoms with Crippen molar-refractivity contribution in [2.75, 3.05) is 13.1 Å². The average Bonchev–Trinajstić information content (AvgIpc) is 2.42. The second-order valence-corrected chi connectivity index (χ2v) is 4.89. The number of carboxylic acid groups (broad SMARTS) is 1. The van der Waals surface area contributed by atoms with Gasteiger partial charge in [-0.15, -0.1) is 0 Å². The van der Waals surface area contributed by atoms with Crippen LogP contribution in [0, 0.1) is 5.92 Å². The third-order valence-corrected chi connectivity index (χ3v) is 2.68. The van der Waals surface area contributed by atoms with E-state index in [4.69, 9.17) is 5.11 Å². The zero-order valence-corrected chi connectivity index (χ0v) is 12.0. The molecule has 0 unspecified atom stereocenters. The lowest BCUT2D eigenvalue weighted by atomic mass is 10.2. The Balaban J connectivity index is 2.81. The highest BCUT2D eigenvalue weighted by Crippen LogP contribution is 2.08. The van der Waals surface area contributed by atoms with E-state index in [1.807, 2.05) is 6.92 Å². The van der Waals surface area contributed by atoms with Crippen LogP contribution in [-0.4, -0.2) is 40.0 Å². The Bertz CT molecular complexity index is 492. The summed E-state index contributed by atoms with van der Waals surface area (Å²) in [6, 6.07) is 3.30. The van der Waals surface area contributed by atoms with Gasteiger partial charge in [-0.1, -0.05) is 19.9 Å². The fraction of sp³-hybridized carbons (Fsp3) is 0.400. The number of hydrogen-bond donors (Lipinski definition) is 1. The number of carbonyl (C=O) groups is 2. The summed E-state index contributed by atoms with van der Waals surface area (Å²) in [5, 5.41) is 8.54. The summed E-state index contributed by atoms with van der Waals surface area (Å²) < 4.78 is 0. The van der Waals surface area contributed by atoms with Crippen molar-refractivity contribution in [2.24, 2.45) is 5.92 Å². The van der Waals surface area contributed by atoms with E-state index in [1.165, 1.54) is 12.3 Å². The molecule has 5 nitrogen and oxygen atoms in total. The van der Waals surface area contributed by atoms with Gasteiger partial charge in [0.25, 0.3) is 5.91 Å². The summed E-state index contributed by atoms with van der Waals surface area (Å²) >= 11 is 0. The molecule has 0 atom stereocenters. The Morgan fingerprint density at radius 3 is 2.55 bits per heavy atom. The molecular formula is C15H20N2O3. The molecule has 0 saturated heterocycles. The highest BCUT2D eigenvalue weighted by Gasteiger charge is 2.16. The number of amides is 1. The highest BCUT2D eigenvalue weighted by atomic mass is 16.4. The second kappa shape index (κ2) is 7.43. The third kappa shape index (κ3) is 4.84. The van der Waals surface area contributed by atoms with Crippen LogP contribution in [0.25, 0.3) is 6.08 Å². The topological polar surface area (TPSA) is 70.5 Å². The number of carbonyl (C=O) groups excluding carboxylic acids is 1. The minimum Gasteiger partial charge on any atom is -0.478 e. The van der Waals surface area contributed by atoms with E-state index in [2.05, 4.69) is 18.8 Å². The summed E-state index contributed by atoms with van der Waals surface area (Å²) in [4.78, 5) is 28.5. The van der Waals surface area contributed by atoms with E-state index in [0.717, 1.165) is 6.08 Å². The van der Waals surface area contributed by atoms with Crippen LogP contribution in [-0.2, 0) is 4.79 Å². The molecule has 1 rings (SSSR count). The molecule has 108 valence electrons. The van der Waals surface area contributed by atoms with Gasteiger partial charge in [-0.05, 0) is 30.5 Å². The van der Waals surface area contributed by atoms with Gasteiger partial charge in [0.2, 0.25) is 0 Å². The van der Waals surface area contributed by atoms with E-state index >= 15 is 0 Å². The van der Waals surface area contributed by atoms with Gasteiger partial charge in [-0.3, -0.25) is 9.78 Å². The fourth-order valence-corrected chi connectivity index (χ4v) is 1.76. The van der Waals surface area contributed by atoms with Gasteiger partial charge in [0.05, 0.1) is 0 Å². The predicted molar refractivity (Wildman–Crippen MR) is 77.3 cm³/mol. The fourth-order valence-electron chi connectivity index (χ4n) is 1.76. The van der Waals surface area contributed by atoms with Crippen molar-refractivity contribution in [3.63, 3.8) is 0 Å². The number of carboxylic acids is 1. The van der Waals surface area contributed by atoms with Crippen LogP contribution in [0.1, 0.15) is 36.8 Å². The van der Waals surface area contributed by atoms with Gasteiger partial charge in [-0.25, -0.2) is 4.79 Å². The Labute approximate surface area is 118 Å². The quantitative estimate of drug-likeness (QED) is 0.809. The van der Waals surface area contributed by atoms with Crippen LogP contribution in [0.4, 0.5) is 0 Å². The van der Waals surface area contributed by atoms with Crippen molar-refractivity contribution in [3.8, 4) is 0 Å². The Morgan fingerprint density at radius 2 is 2.10 bits per heavy atom. The summed E-state index contributed by atoms with van der Waals surface area (Å²) in [5.74, 6) is -0.717. The summed E-state index contributed by atoms with van der Waals surface area (Å²) in [6.07, 6.45) is 3.97. The molecule has 1 aromatic rings. The van der Waals surface area contributed by atoms with Crippen LogP contribution in [0.3, 0.4) is 0 Å². The molecule has 1 amide bonds. The third-order valence-electron chi connectivity index (χ3n) is 2.68. The van der Waals surface area contributed by atoms with E-state index in [1.54, 1.807) is 17.0 Å². The molecule has 0 aliphatic carbocycles. The van der Waals surface area contributed by atoms with Crippen LogP contribution < -0.4 is 0 Å². The Morgan fingerprint density at radius 1 is 1.40 bits per heavy atom.